The minimum absolute atomic E-state index is 0. The third-order valence-electron chi connectivity index (χ3n) is 4.44. The number of nitrogens with zero attached hydrogens (tertiary/aromatic N) is 1. The van der Waals surface area contributed by atoms with E-state index in [9.17, 15) is 4.79 Å². The van der Waals surface area contributed by atoms with E-state index in [0.29, 0.717) is 0 Å². The van der Waals surface area contributed by atoms with Crippen LogP contribution in [0.5, 0.6) is 0 Å². The van der Waals surface area contributed by atoms with E-state index in [4.69, 9.17) is 5.73 Å². The first kappa shape index (κ1) is 19.8. The predicted molar refractivity (Wildman–Crippen MR) is 101 cm³/mol. The van der Waals surface area contributed by atoms with Crippen LogP contribution in [0.4, 0.5) is 5.69 Å². The van der Waals surface area contributed by atoms with Gasteiger partial charge in [0.05, 0.1) is 5.54 Å². The lowest BCUT2D eigenvalue weighted by atomic mass is 9.98. The Balaban J connectivity index is 0.00000132. The summed E-state index contributed by atoms with van der Waals surface area (Å²) in [6, 6.07) is 8.15. The van der Waals surface area contributed by atoms with Crippen molar-refractivity contribution in [1.29, 1.82) is 0 Å². The van der Waals surface area contributed by atoms with Crippen LogP contribution in [0.3, 0.4) is 0 Å². The Morgan fingerprint density at radius 2 is 1.96 bits per heavy atom. The van der Waals surface area contributed by atoms with Gasteiger partial charge in [0.15, 0.2) is 0 Å². The van der Waals surface area contributed by atoms with Gasteiger partial charge in [-0.1, -0.05) is 19.8 Å². The van der Waals surface area contributed by atoms with Crippen LogP contribution in [0.2, 0.25) is 0 Å². The lowest BCUT2D eigenvalue weighted by Gasteiger charge is -2.22. The first-order valence-electron chi connectivity index (χ1n) is 7.82. The Morgan fingerprint density at radius 1 is 1.26 bits per heavy atom. The molecule has 23 heavy (non-hydrogen) atoms. The Morgan fingerprint density at radius 3 is 2.61 bits per heavy atom. The van der Waals surface area contributed by atoms with E-state index >= 15 is 0 Å². The highest BCUT2D eigenvalue weighted by atomic mass is 35.5. The van der Waals surface area contributed by atoms with Gasteiger partial charge in [-0.25, -0.2) is 0 Å². The van der Waals surface area contributed by atoms with Gasteiger partial charge >= 0.3 is 0 Å². The molecule has 0 unspecified atom stereocenters. The van der Waals surface area contributed by atoms with Crippen molar-refractivity contribution in [2.75, 3.05) is 5.32 Å². The fraction of sp³-hybridized carbons (Fsp3) is 0.471. The monoisotopic (exact) mass is 357 g/mol. The molecule has 0 atom stereocenters. The lowest BCUT2D eigenvalue weighted by molar-refractivity contribution is -0.121. The minimum Gasteiger partial charge on any atom is -0.347 e. The molecule has 128 valence electrons. The Hall–Kier alpha value is -1.23. The molecule has 4 nitrogen and oxygen atoms in total. The molecular formula is C17H25Cl2N3O. The summed E-state index contributed by atoms with van der Waals surface area (Å²) in [7, 11) is 0. The van der Waals surface area contributed by atoms with Gasteiger partial charge in [-0.2, -0.15) is 0 Å². The van der Waals surface area contributed by atoms with E-state index < -0.39 is 5.54 Å². The van der Waals surface area contributed by atoms with Crippen LogP contribution < -0.4 is 11.1 Å². The molecule has 0 aliphatic heterocycles. The molecule has 1 saturated carbocycles. The van der Waals surface area contributed by atoms with Gasteiger partial charge in [0.2, 0.25) is 5.91 Å². The lowest BCUT2D eigenvalue weighted by Crippen LogP contribution is -2.48. The number of fused-ring (bicyclic) bond motifs is 1. The second-order valence-electron chi connectivity index (χ2n) is 6.10. The minimum atomic E-state index is -0.677. The summed E-state index contributed by atoms with van der Waals surface area (Å²) in [4.78, 5) is 12.3. The number of rotatable bonds is 4. The number of hydrogen-bond acceptors (Lipinski definition) is 2. The zero-order chi connectivity index (χ0) is 14.9. The number of amides is 1. The van der Waals surface area contributed by atoms with E-state index in [2.05, 4.69) is 35.1 Å². The highest BCUT2D eigenvalue weighted by Crippen LogP contribution is 2.29. The molecule has 6 heteroatoms. The molecule has 1 aliphatic carbocycles. The van der Waals surface area contributed by atoms with Crippen LogP contribution in [-0.4, -0.2) is 16.0 Å². The number of carbonyl (C=O) groups is 1. The number of nitrogens with two attached hydrogens (primary N) is 1. The molecule has 0 spiro atoms. The molecule has 1 aromatic heterocycles. The smallest absolute Gasteiger partial charge is 0.244 e. The van der Waals surface area contributed by atoms with Gasteiger partial charge in [0.25, 0.3) is 0 Å². The van der Waals surface area contributed by atoms with Crippen molar-refractivity contribution in [1.82, 2.24) is 4.57 Å². The summed E-state index contributed by atoms with van der Waals surface area (Å²) in [5.74, 6) is -0.0488. The van der Waals surface area contributed by atoms with Crippen LogP contribution in [-0.2, 0) is 11.3 Å². The van der Waals surface area contributed by atoms with Crippen LogP contribution in [0.15, 0.2) is 30.5 Å². The van der Waals surface area contributed by atoms with Gasteiger partial charge in [-0.05, 0) is 43.5 Å². The molecule has 0 radical (unpaired) electrons. The third-order valence-corrected chi connectivity index (χ3v) is 4.44. The van der Waals surface area contributed by atoms with E-state index in [1.54, 1.807) is 0 Å². The zero-order valence-electron chi connectivity index (χ0n) is 13.4. The van der Waals surface area contributed by atoms with Crippen molar-refractivity contribution in [3.05, 3.63) is 30.5 Å². The van der Waals surface area contributed by atoms with Gasteiger partial charge in [0, 0.05) is 29.3 Å². The first-order chi connectivity index (χ1) is 10.1. The van der Waals surface area contributed by atoms with E-state index in [0.717, 1.165) is 49.7 Å². The van der Waals surface area contributed by atoms with E-state index in [1.807, 2.05) is 12.1 Å². The summed E-state index contributed by atoms with van der Waals surface area (Å²) >= 11 is 0. The number of aromatic nitrogens is 1. The highest BCUT2D eigenvalue weighted by molar-refractivity contribution is 5.99. The van der Waals surface area contributed by atoms with Crippen molar-refractivity contribution in [3.8, 4) is 0 Å². The van der Waals surface area contributed by atoms with Crippen LogP contribution in [0.25, 0.3) is 10.9 Å². The van der Waals surface area contributed by atoms with Crippen LogP contribution >= 0.6 is 24.8 Å². The van der Waals surface area contributed by atoms with Crippen molar-refractivity contribution in [2.45, 2.75) is 51.1 Å². The third kappa shape index (κ3) is 4.00. The first-order valence-corrected chi connectivity index (χ1v) is 7.82. The molecule has 2 aromatic rings. The number of halogens is 2. The van der Waals surface area contributed by atoms with Gasteiger partial charge in [0.1, 0.15) is 0 Å². The Bertz CT molecular complexity index is 663. The van der Waals surface area contributed by atoms with Crippen molar-refractivity contribution < 1.29 is 4.79 Å². The summed E-state index contributed by atoms with van der Waals surface area (Å²) < 4.78 is 2.24. The van der Waals surface area contributed by atoms with Gasteiger partial charge in [-0.15, -0.1) is 24.8 Å². The summed E-state index contributed by atoms with van der Waals surface area (Å²) in [5.41, 5.74) is 7.55. The normalized spacial score (nSPS) is 15.7. The maximum absolute atomic E-state index is 12.3. The van der Waals surface area contributed by atoms with Crippen LogP contribution in [0, 0.1) is 0 Å². The second-order valence-corrected chi connectivity index (χ2v) is 6.10. The summed E-state index contributed by atoms with van der Waals surface area (Å²) in [5, 5.41) is 4.14. The standard InChI is InChI=1S/C17H23N3O.2ClH/c1-2-10-20-11-7-13-12-14(5-6-15(13)20)19-16(21)17(18)8-3-4-9-17;;/h5-7,11-12H,2-4,8-10,18H2,1H3,(H,19,21);2*1H. The molecule has 0 saturated heterocycles. The predicted octanol–water partition coefficient (Wildman–Crippen LogP) is 4.10. The molecule has 1 heterocycles. The number of anilines is 1. The van der Waals surface area contributed by atoms with E-state index in [1.165, 1.54) is 5.52 Å². The molecule has 1 amide bonds. The fourth-order valence-electron chi connectivity index (χ4n) is 3.20. The maximum atomic E-state index is 12.3. The zero-order valence-corrected chi connectivity index (χ0v) is 15.0. The molecule has 0 bridgehead atoms. The molecule has 3 rings (SSSR count). The average molecular weight is 358 g/mol. The van der Waals surface area contributed by atoms with Gasteiger partial charge in [-0.3, -0.25) is 4.79 Å². The topological polar surface area (TPSA) is 60.0 Å². The molecule has 1 aliphatic rings. The number of aryl methyl sites for hydroxylation is 1. The second kappa shape index (κ2) is 8.04. The summed E-state index contributed by atoms with van der Waals surface area (Å²) in [6.45, 7) is 3.18. The number of carbonyl (C=O) groups excluding carboxylic acids is 1. The van der Waals surface area contributed by atoms with Crippen molar-refractivity contribution >= 4 is 47.3 Å². The molecule has 1 aromatic carbocycles. The molecule has 3 N–H and O–H groups in total. The Kier molecular flexibility index (Phi) is 6.93. The average Bonchev–Trinajstić information content (AvgIpc) is 3.07. The van der Waals surface area contributed by atoms with Crippen molar-refractivity contribution in [3.63, 3.8) is 0 Å². The molecule has 1 fully saturated rings. The molecular weight excluding hydrogens is 333 g/mol. The highest BCUT2D eigenvalue weighted by Gasteiger charge is 2.36. The Labute approximate surface area is 149 Å². The quantitative estimate of drug-likeness (QED) is 0.864. The van der Waals surface area contributed by atoms with Gasteiger partial charge < -0.3 is 15.6 Å². The van der Waals surface area contributed by atoms with Crippen molar-refractivity contribution in [2.24, 2.45) is 5.73 Å². The fourth-order valence-corrected chi connectivity index (χ4v) is 3.20. The summed E-state index contributed by atoms with van der Waals surface area (Å²) in [6.07, 6.45) is 6.87. The van der Waals surface area contributed by atoms with Crippen LogP contribution in [0.1, 0.15) is 39.0 Å². The number of nitrogens with one attached hydrogen (secondary N) is 1. The van der Waals surface area contributed by atoms with E-state index in [-0.39, 0.29) is 30.7 Å². The maximum Gasteiger partial charge on any atom is 0.244 e. The number of benzene rings is 1. The SMILES string of the molecule is CCCn1ccc2cc(NC(=O)C3(N)CCCC3)ccc21.Cl.Cl. The number of hydrogen-bond donors (Lipinski definition) is 2. The largest absolute Gasteiger partial charge is 0.347 e.